The molecule has 0 spiro atoms. The van der Waals surface area contributed by atoms with Crippen LogP contribution in [0, 0.1) is 0 Å². The molecular formula is C11H21N. The van der Waals surface area contributed by atoms with Gasteiger partial charge in [-0.05, 0) is 38.6 Å². The minimum absolute atomic E-state index is 0.959. The van der Waals surface area contributed by atoms with Crippen LogP contribution in [0.25, 0.3) is 0 Å². The SMILES string of the molecule is CCC[C@H]1CC[C@H]2CCCCN21. The van der Waals surface area contributed by atoms with Crippen LogP contribution in [0.3, 0.4) is 0 Å². The monoisotopic (exact) mass is 167 g/mol. The molecule has 0 amide bonds. The molecule has 0 aromatic rings. The number of piperidine rings is 1. The smallest absolute Gasteiger partial charge is 0.00987 e. The van der Waals surface area contributed by atoms with Gasteiger partial charge in [0.25, 0.3) is 0 Å². The lowest BCUT2D eigenvalue weighted by Gasteiger charge is -2.33. The summed E-state index contributed by atoms with van der Waals surface area (Å²) in [5, 5.41) is 0. The molecule has 0 bridgehead atoms. The quantitative estimate of drug-likeness (QED) is 0.611. The Balaban J connectivity index is 1.92. The number of nitrogens with zero attached hydrogens (tertiary/aromatic N) is 1. The highest BCUT2D eigenvalue weighted by atomic mass is 15.2. The van der Waals surface area contributed by atoms with Crippen molar-refractivity contribution in [3.05, 3.63) is 0 Å². The number of fused-ring (bicyclic) bond motifs is 1. The van der Waals surface area contributed by atoms with E-state index in [1.807, 2.05) is 0 Å². The van der Waals surface area contributed by atoms with Crippen LogP contribution < -0.4 is 0 Å². The zero-order valence-electron chi connectivity index (χ0n) is 8.26. The van der Waals surface area contributed by atoms with Crippen LogP contribution in [0.5, 0.6) is 0 Å². The molecule has 2 rings (SSSR count). The molecule has 0 unspecified atom stereocenters. The fraction of sp³-hybridized carbons (Fsp3) is 1.00. The molecule has 1 nitrogen and oxygen atoms in total. The summed E-state index contributed by atoms with van der Waals surface area (Å²) in [6, 6.07) is 1.94. The van der Waals surface area contributed by atoms with Gasteiger partial charge in [-0.3, -0.25) is 4.90 Å². The molecule has 0 saturated carbocycles. The van der Waals surface area contributed by atoms with Gasteiger partial charge < -0.3 is 0 Å². The lowest BCUT2D eigenvalue weighted by molar-refractivity contribution is 0.143. The van der Waals surface area contributed by atoms with Crippen molar-refractivity contribution in [2.75, 3.05) is 6.54 Å². The molecule has 2 heterocycles. The molecular weight excluding hydrogens is 146 g/mol. The Morgan fingerprint density at radius 2 is 2.08 bits per heavy atom. The summed E-state index contributed by atoms with van der Waals surface area (Å²) in [6.45, 7) is 3.71. The Labute approximate surface area is 76.1 Å². The van der Waals surface area contributed by atoms with Crippen molar-refractivity contribution >= 4 is 0 Å². The maximum atomic E-state index is 2.80. The molecule has 0 aromatic heterocycles. The van der Waals surface area contributed by atoms with Crippen molar-refractivity contribution in [2.24, 2.45) is 0 Å². The second-order valence-corrected chi connectivity index (χ2v) is 4.41. The van der Waals surface area contributed by atoms with Gasteiger partial charge in [-0.2, -0.15) is 0 Å². The number of rotatable bonds is 2. The summed E-state index contributed by atoms with van der Waals surface area (Å²) in [7, 11) is 0. The van der Waals surface area contributed by atoms with Crippen molar-refractivity contribution in [2.45, 2.75) is 64.0 Å². The van der Waals surface area contributed by atoms with Crippen molar-refractivity contribution in [1.82, 2.24) is 4.90 Å². The second kappa shape index (κ2) is 3.78. The predicted molar refractivity (Wildman–Crippen MR) is 52.3 cm³/mol. The minimum Gasteiger partial charge on any atom is -0.297 e. The summed E-state index contributed by atoms with van der Waals surface area (Å²) < 4.78 is 0. The van der Waals surface area contributed by atoms with Gasteiger partial charge >= 0.3 is 0 Å². The van der Waals surface area contributed by atoms with Gasteiger partial charge in [0, 0.05) is 12.1 Å². The maximum Gasteiger partial charge on any atom is 0.00987 e. The fourth-order valence-electron chi connectivity index (χ4n) is 3.01. The number of hydrogen-bond acceptors (Lipinski definition) is 1. The minimum atomic E-state index is 0.959. The Kier molecular flexibility index (Phi) is 2.69. The van der Waals surface area contributed by atoms with Crippen LogP contribution in [0.1, 0.15) is 51.9 Å². The first kappa shape index (κ1) is 8.55. The molecule has 0 N–H and O–H groups in total. The second-order valence-electron chi connectivity index (χ2n) is 4.41. The van der Waals surface area contributed by atoms with Gasteiger partial charge in [-0.1, -0.05) is 19.8 Å². The van der Waals surface area contributed by atoms with E-state index in [9.17, 15) is 0 Å². The third-order valence-electron chi connectivity index (χ3n) is 3.60. The van der Waals surface area contributed by atoms with E-state index in [-0.39, 0.29) is 0 Å². The topological polar surface area (TPSA) is 3.24 Å². The van der Waals surface area contributed by atoms with E-state index in [4.69, 9.17) is 0 Å². The van der Waals surface area contributed by atoms with Crippen LogP contribution in [-0.4, -0.2) is 23.5 Å². The zero-order valence-corrected chi connectivity index (χ0v) is 8.26. The van der Waals surface area contributed by atoms with E-state index in [1.165, 1.54) is 51.5 Å². The molecule has 70 valence electrons. The Bertz CT molecular complexity index is 144. The third-order valence-corrected chi connectivity index (χ3v) is 3.60. The summed E-state index contributed by atoms with van der Waals surface area (Å²) in [5.41, 5.74) is 0. The first-order chi connectivity index (χ1) is 5.92. The standard InChI is InChI=1S/C11H21N/c1-2-5-10-7-8-11-6-3-4-9-12(10)11/h10-11H,2-9H2,1H3/t10-,11+/m0/s1. The first-order valence-corrected chi connectivity index (χ1v) is 5.67. The normalized spacial score (nSPS) is 36.8. The van der Waals surface area contributed by atoms with Crippen molar-refractivity contribution in [1.29, 1.82) is 0 Å². The average molecular weight is 167 g/mol. The van der Waals surface area contributed by atoms with Gasteiger partial charge in [0.05, 0.1) is 0 Å². The average Bonchev–Trinajstić information content (AvgIpc) is 2.50. The van der Waals surface area contributed by atoms with E-state index in [2.05, 4.69) is 11.8 Å². The van der Waals surface area contributed by atoms with Crippen LogP contribution in [0.2, 0.25) is 0 Å². The van der Waals surface area contributed by atoms with Crippen molar-refractivity contribution < 1.29 is 0 Å². The fourth-order valence-corrected chi connectivity index (χ4v) is 3.01. The van der Waals surface area contributed by atoms with Crippen LogP contribution in [0.4, 0.5) is 0 Å². The summed E-state index contributed by atoms with van der Waals surface area (Å²) in [5.74, 6) is 0. The summed E-state index contributed by atoms with van der Waals surface area (Å²) >= 11 is 0. The van der Waals surface area contributed by atoms with E-state index in [1.54, 1.807) is 0 Å². The zero-order chi connectivity index (χ0) is 8.39. The van der Waals surface area contributed by atoms with E-state index >= 15 is 0 Å². The molecule has 0 radical (unpaired) electrons. The third kappa shape index (κ3) is 1.52. The van der Waals surface area contributed by atoms with Crippen LogP contribution in [-0.2, 0) is 0 Å². The van der Waals surface area contributed by atoms with Gasteiger partial charge in [-0.15, -0.1) is 0 Å². The molecule has 1 heteroatoms. The Hall–Kier alpha value is -0.0400. The van der Waals surface area contributed by atoms with E-state index in [0.29, 0.717) is 0 Å². The molecule has 2 saturated heterocycles. The summed E-state index contributed by atoms with van der Waals surface area (Å²) in [6.07, 6.45) is 10.2. The molecule has 2 atom stereocenters. The summed E-state index contributed by atoms with van der Waals surface area (Å²) in [4.78, 5) is 2.80. The molecule has 0 aliphatic carbocycles. The highest BCUT2D eigenvalue weighted by Crippen LogP contribution is 2.33. The van der Waals surface area contributed by atoms with Crippen molar-refractivity contribution in [3.8, 4) is 0 Å². The van der Waals surface area contributed by atoms with Crippen LogP contribution >= 0.6 is 0 Å². The van der Waals surface area contributed by atoms with Crippen molar-refractivity contribution in [3.63, 3.8) is 0 Å². The molecule has 12 heavy (non-hydrogen) atoms. The van der Waals surface area contributed by atoms with Gasteiger partial charge in [0.1, 0.15) is 0 Å². The Morgan fingerprint density at radius 3 is 2.92 bits per heavy atom. The molecule has 0 aromatic carbocycles. The molecule has 2 fully saturated rings. The first-order valence-electron chi connectivity index (χ1n) is 5.67. The molecule has 2 aliphatic heterocycles. The predicted octanol–water partition coefficient (Wildman–Crippen LogP) is 2.80. The van der Waals surface area contributed by atoms with Gasteiger partial charge in [0.2, 0.25) is 0 Å². The highest BCUT2D eigenvalue weighted by molar-refractivity contribution is 4.89. The lowest BCUT2D eigenvalue weighted by atomic mass is 10.0. The molecule has 2 aliphatic rings. The Morgan fingerprint density at radius 1 is 1.17 bits per heavy atom. The van der Waals surface area contributed by atoms with Gasteiger partial charge in [-0.25, -0.2) is 0 Å². The van der Waals surface area contributed by atoms with Crippen LogP contribution in [0.15, 0.2) is 0 Å². The van der Waals surface area contributed by atoms with E-state index < -0.39 is 0 Å². The van der Waals surface area contributed by atoms with E-state index in [0.717, 1.165) is 12.1 Å². The highest BCUT2D eigenvalue weighted by Gasteiger charge is 2.33. The lowest BCUT2D eigenvalue weighted by Crippen LogP contribution is -2.39. The van der Waals surface area contributed by atoms with Gasteiger partial charge in [0.15, 0.2) is 0 Å². The number of hydrogen-bond donors (Lipinski definition) is 0. The maximum absolute atomic E-state index is 2.80. The largest absolute Gasteiger partial charge is 0.297 e.